The molecule has 2 N–H and O–H groups in total. The number of aryl methyl sites for hydroxylation is 1. The van der Waals surface area contributed by atoms with Gasteiger partial charge in [-0.15, -0.1) is 0 Å². The first-order valence-corrected chi connectivity index (χ1v) is 12.1. The number of aliphatic hydroxyl groups excluding tert-OH is 1. The van der Waals surface area contributed by atoms with Crippen LogP contribution in [0.25, 0.3) is 11.1 Å². The molecule has 1 aromatic carbocycles. The average Bonchev–Trinajstić information content (AvgIpc) is 3.55. The van der Waals surface area contributed by atoms with Crippen LogP contribution >= 0.6 is 0 Å². The number of imidazole rings is 1. The van der Waals surface area contributed by atoms with E-state index in [4.69, 9.17) is 0 Å². The number of likely N-dealkylation sites (tertiary alicyclic amines) is 1. The van der Waals surface area contributed by atoms with Crippen LogP contribution in [-0.2, 0) is 9.59 Å². The lowest BCUT2D eigenvalue weighted by atomic mass is 9.99. The summed E-state index contributed by atoms with van der Waals surface area (Å²) in [7, 11) is 0. The van der Waals surface area contributed by atoms with Crippen LogP contribution in [0.4, 0.5) is 0 Å². The van der Waals surface area contributed by atoms with E-state index in [-0.39, 0.29) is 24.3 Å². The number of rotatable bonds is 8. The zero-order valence-electron chi connectivity index (χ0n) is 20.5. The van der Waals surface area contributed by atoms with Crippen molar-refractivity contribution in [2.45, 2.75) is 51.7 Å². The van der Waals surface area contributed by atoms with Crippen molar-refractivity contribution in [3.05, 3.63) is 72.6 Å². The molecule has 35 heavy (non-hydrogen) atoms. The number of pyridine rings is 1. The molecule has 0 unspecified atom stereocenters. The molecule has 0 spiro atoms. The van der Waals surface area contributed by atoms with E-state index in [1.807, 2.05) is 61.7 Å². The Morgan fingerprint density at radius 3 is 2.57 bits per heavy atom. The maximum Gasteiger partial charge on any atom is 0.246 e. The van der Waals surface area contributed by atoms with E-state index in [0.29, 0.717) is 13.0 Å². The van der Waals surface area contributed by atoms with Gasteiger partial charge in [-0.25, -0.2) is 4.98 Å². The average molecular weight is 476 g/mol. The normalized spacial score (nSPS) is 17.4. The topological polar surface area (TPSA) is 100 Å². The van der Waals surface area contributed by atoms with Crippen LogP contribution in [0.3, 0.4) is 0 Å². The number of hydrogen-bond donors (Lipinski definition) is 2. The van der Waals surface area contributed by atoms with E-state index in [2.05, 4.69) is 15.3 Å². The largest absolute Gasteiger partial charge is 0.394 e. The molecular weight excluding hydrogens is 442 g/mol. The zero-order chi connectivity index (χ0) is 24.9. The van der Waals surface area contributed by atoms with E-state index < -0.39 is 18.1 Å². The number of amides is 2. The molecule has 184 valence electrons. The van der Waals surface area contributed by atoms with Gasteiger partial charge in [-0.1, -0.05) is 44.2 Å². The second-order valence-electron chi connectivity index (χ2n) is 9.39. The molecule has 1 fully saturated rings. The second-order valence-corrected chi connectivity index (χ2v) is 9.39. The quantitative estimate of drug-likeness (QED) is 0.521. The highest BCUT2D eigenvalue weighted by atomic mass is 16.3. The van der Waals surface area contributed by atoms with Crippen molar-refractivity contribution in [2.24, 2.45) is 5.92 Å². The van der Waals surface area contributed by atoms with E-state index in [1.54, 1.807) is 29.8 Å². The first kappa shape index (κ1) is 24.6. The van der Waals surface area contributed by atoms with Gasteiger partial charge in [-0.05, 0) is 42.9 Å². The summed E-state index contributed by atoms with van der Waals surface area (Å²) in [5.74, 6) is -0.268. The monoisotopic (exact) mass is 475 g/mol. The smallest absolute Gasteiger partial charge is 0.246 e. The molecule has 2 aromatic heterocycles. The Labute approximate surface area is 206 Å². The third-order valence-corrected chi connectivity index (χ3v) is 6.70. The van der Waals surface area contributed by atoms with E-state index in [9.17, 15) is 14.7 Å². The van der Waals surface area contributed by atoms with Gasteiger partial charge in [-0.3, -0.25) is 14.6 Å². The lowest BCUT2D eigenvalue weighted by Gasteiger charge is -2.31. The number of carbonyl (C=O) groups is 2. The van der Waals surface area contributed by atoms with Gasteiger partial charge in [0, 0.05) is 36.4 Å². The molecule has 4 rings (SSSR count). The maximum atomic E-state index is 13.5. The molecular formula is C27H33N5O3. The molecule has 3 heterocycles. The Balaban J connectivity index is 1.47. The Kier molecular flexibility index (Phi) is 7.60. The fourth-order valence-corrected chi connectivity index (χ4v) is 4.85. The predicted octanol–water partition coefficient (Wildman–Crippen LogP) is 3.29. The lowest BCUT2D eigenvalue weighted by molar-refractivity contribution is -0.142. The summed E-state index contributed by atoms with van der Waals surface area (Å²) in [4.78, 5) is 36.8. The van der Waals surface area contributed by atoms with Crippen LogP contribution in [0.15, 0.2) is 61.3 Å². The van der Waals surface area contributed by atoms with Crippen LogP contribution in [0.2, 0.25) is 0 Å². The van der Waals surface area contributed by atoms with E-state index in [0.717, 1.165) is 28.8 Å². The van der Waals surface area contributed by atoms with Gasteiger partial charge in [0.15, 0.2) is 0 Å². The molecule has 8 heteroatoms. The highest BCUT2D eigenvalue weighted by molar-refractivity contribution is 5.90. The standard InChI is InChI=1S/C27H33N5O3/c1-18(2)25(31-15-13-28-17-31)27(35)32-14-5-7-24(32)26(34)30-23(16-33)21-10-8-20(9-11-21)22-6-4-12-29-19(22)3/h4,6,8-13,15,17-18,23-25,33H,5,7,14,16H2,1-3H3,(H,30,34)/t23-,24-,25-/m0/s1. The number of nitrogens with zero attached hydrogens (tertiary/aromatic N) is 4. The van der Waals surface area contributed by atoms with Crippen LogP contribution in [-0.4, -0.2) is 55.5 Å². The molecule has 3 atom stereocenters. The minimum absolute atomic E-state index is 0.0492. The Hall–Kier alpha value is -3.52. The van der Waals surface area contributed by atoms with E-state index >= 15 is 0 Å². The van der Waals surface area contributed by atoms with Crippen molar-refractivity contribution >= 4 is 11.8 Å². The van der Waals surface area contributed by atoms with Gasteiger partial charge in [0.2, 0.25) is 11.8 Å². The third kappa shape index (κ3) is 5.27. The predicted molar refractivity (Wildman–Crippen MR) is 133 cm³/mol. The summed E-state index contributed by atoms with van der Waals surface area (Å²) in [5, 5.41) is 13.0. The van der Waals surface area contributed by atoms with Crippen molar-refractivity contribution in [2.75, 3.05) is 13.2 Å². The Morgan fingerprint density at radius 2 is 1.94 bits per heavy atom. The summed E-state index contributed by atoms with van der Waals surface area (Å²) in [6, 6.07) is 10.2. The molecule has 8 nitrogen and oxygen atoms in total. The van der Waals surface area contributed by atoms with Crippen molar-refractivity contribution < 1.29 is 14.7 Å². The van der Waals surface area contributed by atoms with Gasteiger partial charge in [0.1, 0.15) is 12.1 Å². The number of aliphatic hydroxyl groups is 1. The van der Waals surface area contributed by atoms with Crippen molar-refractivity contribution in [3.63, 3.8) is 0 Å². The number of benzene rings is 1. The maximum absolute atomic E-state index is 13.5. The fraction of sp³-hybridized carbons (Fsp3) is 0.407. The number of carbonyl (C=O) groups excluding carboxylic acids is 2. The third-order valence-electron chi connectivity index (χ3n) is 6.70. The molecule has 1 aliphatic heterocycles. The highest BCUT2D eigenvalue weighted by Crippen LogP contribution is 2.28. The number of hydrogen-bond acceptors (Lipinski definition) is 5. The van der Waals surface area contributed by atoms with Crippen molar-refractivity contribution in [1.29, 1.82) is 0 Å². The first-order chi connectivity index (χ1) is 16.9. The van der Waals surface area contributed by atoms with Gasteiger partial charge in [-0.2, -0.15) is 0 Å². The van der Waals surface area contributed by atoms with Crippen molar-refractivity contribution in [3.8, 4) is 11.1 Å². The van der Waals surface area contributed by atoms with Crippen LogP contribution in [0, 0.1) is 12.8 Å². The van der Waals surface area contributed by atoms with Gasteiger partial charge in [0.05, 0.1) is 19.0 Å². The molecule has 0 saturated carbocycles. The van der Waals surface area contributed by atoms with Crippen LogP contribution in [0.5, 0.6) is 0 Å². The summed E-state index contributed by atoms with van der Waals surface area (Å²) >= 11 is 0. The molecule has 0 aliphatic carbocycles. The SMILES string of the molecule is Cc1ncccc1-c1ccc([C@H](CO)NC(=O)[C@@H]2CCCN2C(=O)[C@H](C(C)C)n2ccnc2)cc1. The van der Waals surface area contributed by atoms with Gasteiger partial charge in [0.25, 0.3) is 0 Å². The summed E-state index contributed by atoms with van der Waals surface area (Å²) in [5.41, 5.74) is 3.81. The van der Waals surface area contributed by atoms with Gasteiger partial charge >= 0.3 is 0 Å². The summed E-state index contributed by atoms with van der Waals surface area (Å²) in [6.07, 6.45) is 8.22. The first-order valence-electron chi connectivity index (χ1n) is 12.1. The Morgan fingerprint density at radius 1 is 1.17 bits per heavy atom. The molecule has 0 radical (unpaired) electrons. The van der Waals surface area contributed by atoms with Crippen LogP contribution < -0.4 is 5.32 Å². The zero-order valence-corrected chi connectivity index (χ0v) is 20.5. The number of aromatic nitrogens is 3. The minimum atomic E-state index is -0.557. The summed E-state index contributed by atoms with van der Waals surface area (Å²) < 4.78 is 1.81. The molecule has 2 amide bonds. The molecule has 3 aromatic rings. The second kappa shape index (κ2) is 10.8. The highest BCUT2D eigenvalue weighted by Gasteiger charge is 2.39. The van der Waals surface area contributed by atoms with E-state index in [1.165, 1.54) is 0 Å². The number of nitrogens with one attached hydrogen (secondary N) is 1. The van der Waals surface area contributed by atoms with Crippen molar-refractivity contribution in [1.82, 2.24) is 24.8 Å². The molecule has 0 bridgehead atoms. The fourth-order valence-electron chi connectivity index (χ4n) is 4.85. The summed E-state index contributed by atoms with van der Waals surface area (Å²) in [6.45, 7) is 6.25. The molecule has 1 aliphatic rings. The minimum Gasteiger partial charge on any atom is -0.394 e. The van der Waals surface area contributed by atoms with Crippen LogP contribution in [0.1, 0.15) is 50.0 Å². The van der Waals surface area contributed by atoms with Gasteiger partial charge < -0.3 is 19.9 Å². The Bertz CT molecular complexity index is 1140. The molecule has 1 saturated heterocycles. The lowest BCUT2D eigenvalue weighted by Crippen LogP contribution is -2.49.